The molecule has 0 saturated heterocycles. The zero-order chi connectivity index (χ0) is 14.2. The summed E-state index contributed by atoms with van der Waals surface area (Å²) in [5.74, 6) is 1.10. The lowest BCUT2D eigenvalue weighted by atomic mass is 9.95. The number of aryl methyl sites for hydroxylation is 1. The molecule has 0 aliphatic heterocycles. The molecule has 2 rings (SSSR count). The first-order chi connectivity index (χ1) is 9.79. The van der Waals surface area contributed by atoms with Crippen molar-refractivity contribution in [1.82, 2.24) is 25.5 Å². The summed E-state index contributed by atoms with van der Waals surface area (Å²) in [6.07, 6.45) is 0.776. The molecule has 1 N–H and O–H groups in total. The summed E-state index contributed by atoms with van der Waals surface area (Å²) in [4.78, 5) is 1.50. The van der Waals surface area contributed by atoms with Crippen LogP contribution in [0.15, 0.2) is 30.3 Å². The summed E-state index contributed by atoms with van der Waals surface area (Å²) in [6.45, 7) is 2.42. The zero-order valence-electron chi connectivity index (χ0n) is 12.0. The van der Waals surface area contributed by atoms with Crippen LogP contribution in [-0.2, 0) is 18.2 Å². The quantitative estimate of drug-likeness (QED) is 0.721. The lowest BCUT2D eigenvalue weighted by molar-refractivity contribution is 0.199. The van der Waals surface area contributed by atoms with Gasteiger partial charge in [0, 0.05) is 32.5 Å². The predicted octanol–water partition coefficient (Wildman–Crippen LogP) is 0.772. The standard InChI is InChI=1S/C14H21N5O/c1-19-17-14(16-18-19)10-13(11-15-8-9-20-2)12-6-4-3-5-7-12/h3-7,13,15H,8-11H2,1-2H3. The van der Waals surface area contributed by atoms with Crippen LogP contribution >= 0.6 is 0 Å². The molecule has 1 unspecified atom stereocenters. The van der Waals surface area contributed by atoms with E-state index in [1.165, 1.54) is 10.4 Å². The first-order valence-corrected chi connectivity index (χ1v) is 6.77. The third-order valence-electron chi connectivity index (χ3n) is 3.12. The topological polar surface area (TPSA) is 64.9 Å². The molecule has 1 aromatic heterocycles. The average molecular weight is 275 g/mol. The van der Waals surface area contributed by atoms with E-state index in [-0.39, 0.29) is 0 Å². The normalized spacial score (nSPS) is 12.5. The number of tetrazole rings is 1. The Morgan fingerprint density at radius 2 is 2.10 bits per heavy atom. The highest BCUT2D eigenvalue weighted by molar-refractivity contribution is 5.21. The van der Waals surface area contributed by atoms with Crippen LogP contribution in [0.1, 0.15) is 17.3 Å². The van der Waals surface area contributed by atoms with Crippen LogP contribution in [-0.4, -0.2) is 47.0 Å². The largest absolute Gasteiger partial charge is 0.383 e. The Bertz CT molecular complexity index is 499. The van der Waals surface area contributed by atoms with Crippen molar-refractivity contribution in [3.8, 4) is 0 Å². The molecule has 0 aliphatic rings. The van der Waals surface area contributed by atoms with E-state index in [9.17, 15) is 0 Å². The minimum Gasteiger partial charge on any atom is -0.383 e. The molecule has 0 amide bonds. The maximum Gasteiger partial charge on any atom is 0.175 e. The van der Waals surface area contributed by atoms with E-state index in [0.29, 0.717) is 12.5 Å². The summed E-state index contributed by atoms with van der Waals surface area (Å²) in [5, 5.41) is 15.6. The third kappa shape index (κ3) is 4.40. The molecule has 0 radical (unpaired) electrons. The van der Waals surface area contributed by atoms with Crippen molar-refractivity contribution in [2.75, 3.05) is 26.8 Å². The van der Waals surface area contributed by atoms with Crippen LogP contribution in [0.5, 0.6) is 0 Å². The SMILES string of the molecule is COCCNCC(Cc1nnn(C)n1)c1ccccc1. The molecule has 0 bridgehead atoms. The number of nitrogens with one attached hydrogen (secondary N) is 1. The second kappa shape index (κ2) is 7.72. The zero-order valence-corrected chi connectivity index (χ0v) is 12.0. The highest BCUT2D eigenvalue weighted by atomic mass is 16.5. The first-order valence-electron chi connectivity index (χ1n) is 6.77. The number of methoxy groups -OCH3 is 1. The van der Waals surface area contributed by atoms with Crippen molar-refractivity contribution < 1.29 is 4.74 Å². The van der Waals surface area contributed by atoms with E-state index in [1.54, 1.807) is 14.2 Å². The molecule has 6 heteroatoms. The smallest absolute Gasteiger partial charge is 0.175 e. The van der Waals surface area contributed by atoms with Gasteiger partial charge in [0.1, 0.15) is 0 Å². The molecule has 6 nitrogen and oxygen atoms in total. The Hall–Kier alpha value is -1.79. The van der Waals surface area contributed by atoms with Gasteiger partial charge in [-0.3, -0.25) is 0 Å². The Morgan fingerprint density at radius 1 is 1.30 bits per heavy atom. The van der Waals surface area contributed by atoms with Gasteiger partial charge in [0.25, 0.3) is 0 Å². The van der Waals surface area contributed by atoms with Crippen molar-refractivity contribution in [2.45, 2.75) is 12.3 Å². The van der Waals surface area contributed by atoms with Gasteiger partial charge in [0.05, 0.1) is 13.7 Å². The Labute approximate surface area is 119 Å². The van der Waals surface area contributed by atoms with E-state index in [4.69, 9.17) is 4.74 Å². The van der Waals surface area contributed by atoms with Gasteiger partial charge in [-0.15, -0.1) is 10.2 Å². The van der Waals surface area contributed by atoms with Crippen LogP contribution in [0.3, 0.4) is 0 Å². The lowest BCUT2D eigenvalue weighted by Gasteiger charge is -2.16. The minimum atomic E-state index is 0.331. The molecule has 1 atom stereocenters. The van der Waals surface area contributed by atoms with Crippen molar-refractivity contribution in [1.29, 1.82) is 0 Å². The Morgan fingerprint density at radius 3 is 2.75 bits per heavy atom. The number of hydrogen-bond donors (Lipinski definition) is 1. The van der Waals surface area contributed by atoms with Gasteiger partial charge in [0.2, 0.25) is 0 Å². The maximum atomic E-state index is 5.05. The van der Waals surface area contributed by atoms with E-state index in [1.807, 2.05) is 6.07 Å². The lowest BCUT2D eigenvalue weighted by Crippen LogP contribution is -2.26. The molecule has 108 valence electrons. The van der Waals surface area contributed by atoms with Crippen molar-refractivity contribution >= 4 is 0 Å². The van der Waals surface area contributed by atoms with E-state index >= 15 is 0 Å². The molecule has 0 fully saturated rings. The molecular formula is C14H21N5O. The maximum absolute atomic E-state index is 5.05. The molecule has 1 aromatic carbocycles. The molecule has 0 aliphatic carbocycles. The van der Waals surface area contributed by atoms with Gasteiger partial charge in [0.15, 0.2) is 5.82 Å². The predicted molar refractivity (Wildman–Crippen MR) is 76.4 cm³/mol. The van der Waals surface area contributed by atoms with Gasteiger partial charge < -0.3 is 10.1 Å². The molecule has 0 spiro atoms. The van der Waals surface area contributed by atoms with E-state index in [0.717, 1.165) is 25.3 Å². The van der Waals surface area contributed by atoms with Crippen molar-refractivity contribution in [3.63, 3.8) is 0 Å². The minimum absolute atomic E-state index is 0.331. The molecule has 1 heterocycles. The van der Waals surface area contributed by atoms with Crippen LogP contribution < -0.4 is 5.32 Å². The summed E-state index contributed by atoms with van der Waals surface area (Å²) in [6, 6.07) is 10.4. The second-order valence-electron chi connectivity index (χ2n) is 4.70. The molecule has 2 aromatic rings. The number of hydrogen-bond acceptors (Lipinski definition) is 5. The number of rotatable bonds is 8. The van der Waals surface area contributed by atoms with Crippen LogP contribution in [0.25, 0.3) is 0 Å². The molecule has 0 saturated carbocycles. The summed E-state index contributed by atoms with van der Waals surface area (Å²) in [7, 11) is 3.49. The van der Waals surface area contributed by atoms with E-state index < -0.39 is 0 Å². The molecule has 20 heavy (non-hydrogen) atoms. The second-order valence-corrected chi connectivity index (χ2v) is 4.70. The van der Waals surface area contributed by atoms with Crippen LogP contribution in [0.2, 0.25) is 0 Å². The first kappa shape index (κ1) is 14.6. The highest BCUT2D eigenvalue weighted by Crippen LogP contribution is 2.18. The van der Waals surface area contributed by atoms with Crippen molar-refractivity contribution in [3.05, 3.63) is 41.7 Å². The number of nitrogens with zero attached hydrogens (tertiary/aromatic N) is 4. The monoisotopic (exact) mass is 275 g/mol. The van der Waals surface area contributed by atoms with Gasteiger partial charge in [-0.1, -0.05) is 30.3 Å². The van der Waals surface area contributed by atoms with Crippen LogP contribution in [0.4, 0.5) is 0 Å². The number of aromatic nitrogens is 4. The van der Waals surface area contributed by atoms with E-state index in [2.05, 4.69) is 45.0 Å². The summed E-state index contributed by atoms with van der Waals surface area (Å²) >= 11 is 0. The Kier molecular flexibility index (Phi) is 5.64. The third-order valence-corrected chi connectivity index (χ3v) is 3.12. The fourth-order valence-electron chi connectivity index (χ4n) is 2.11. The van der Waals surface area contributed by atoms with Gasteiger partial charge >= 0.3 is 0 Å². The fourth-order valence-corrected chi connectivity index (χ4v) is 2.11. The molecular weight excluding hydrogens is 254 g/mol. The van der Waals surface area contributed by atoms with Gasteiger partial charge in [-0.05, 0) is 10.8 Å². The summed E-state index contributed by atoms with van der Waals surface area (Å²) in [5.41, 5.74) is 1.28. The number of ether oxygens (including phenoxy) is 1. The number of benzene rings is 1. The highest BCUT2D eigenvalue weighted by Gasteiger charge is 2.14. The van der Waals surface area contributed by atoms with Gasteiger partial charge in [-0.25, -0.2) is 0 Å². The van der Waals surface area contributed by atoms with Crippen LogP contribution in [0, 0.1) is 0 Å². The fraction of sp³-hybridized carbons (Fsp3) is 0.500. The Balaban J connectivity index is 2.00. The van der Waals surface area contributed by atoms with Crippen molar-refractivity contribution in [2.24, 2.45) is 7.05 Å². The average Bonchev–Trinajstić information content (AvgIpc) is 2.88. The summed E-state index contributed by atoms with van der Waals surface area (Å²) < 4.78 is 5.05. The van der Waals surface area contributed by atoms with Gasteiger partial charge in [-0.2, -0.15) is 4.80 Å².